The predicted octanol–water partition coefficient (Wildman–Crippen LogP) is 1.82. The van der Waals surface area contributed by atoms with Gasteiger partial charge >= 0.3 is 0 Å². The van der Waals surface area contributed by atoms with Crippen LogP contribution in [0.4, 0.5) is 0 Å². The lowest BCUT2D eigenvalue weighted by Crippen LogP contribution is -2.32. The number of nitrogens with two attached hydrogens (primary N) is 1. The molecule has 0 aliphatic rings. The van der Waals surface area contributed by atoms with E-state index in [1.165, 1.54) is 12.0 Å². The Bertz CT molecular complexity index is 347. The number of furan rings is 1. The maximum atomic E-state index is 5.61. The fraction of sp³-hybridized carbons (Fsp3) is 0.714. The first-order valence-corrected chi connectivity index (χ1v) is 6.72. The van der Waals surface area contributed by atoms with Crippen molar-refractivity contribution in [2.45, 2.75) is 33.4 Å². The fourth-order valence-corrected chi connectivity index (χ4v) is 2.01. The minimum atomic E-state index is 0.478. The molecule has 0 aliphatic heterocycles. The molecule has 0 fully saturated rings. The Kier molecular flexibility index (Phi) is 6.39. The van der Waals surface area contributed by atoms with Gasteiger partial charge in [-0.3, -0.25) is 4.90 Å². The van der Waals surface area contributed by atoms with Crippen molar-refractivity contribution in [2.75, 3.05) is 33.7 Å². The van der Waals surface area contributed by atoms with Crippen molar-refractivity contribution in [1.82, 2.24) is 9.80 Å². The molecule has 1 rings (SSSR count). The first-order valence-electron chi connectivity index (χ1n) is 6.72. The fourth-order valence-electron chi connectivity index (χ4n) is 2.01. The molecule has 4 nitrogen and oxygen atoms in total. The molecule has 0 saturated carbocycles. The summed E-state index contributed by atoms with van der Waals surface area (Å²) >= 11 is 0. The van der Waals surface area contributed by atoms with Gasteiger partial charge in [-0.15, -0.1) is 0 Å². The minimum Gasteiger partial charge on any atom is -0.465 e. The van der Waals surface area contributed by atoms with E-state index >= 15 is 0 Å². The Hall–Kier alpha value is -0.840. The van der Waals surface area contributed by atoms with Crippen LogP contribution in [0.5, 0.6) is 0 Å². The molecule has 4 heteroatoms. The first kappa shape index (κ1) is 15.2. The standard InChI is InChI=1S/C14H27N3O/c1-5-6-17(8-7-16(3)4)11-13-9-14(10-15)18-12(13)2/h9H,5-8,10-11,15H2,1-4H3. The van der Waals surface area contributed by atoms with Gasteiger partial charge in [0.05, 0.1) is 6.54 Å². The van der Waals surface area contributed by atoms with Crippen molar-refractivity contribution in [3.05, 3.63) is 23.2 Å². The molecule has 0 aliphatic carbocycles. The molecule has 2 N–H and O–H groups in total. The van der Waals surface area contributed by atoms with Crippen molar-refractivity contribution in [1.29, 1.82) is 0 Å². The molecule has 0 bridgehead atoms. The zero-order valence-electron chi connectivity index (χ0n) is 12.2. The second-order valence-electron chi connectivity index (χ2n) is 5.08. The molecular formula is C14H27N3O. The van der Waals surface area contributed by atoms with Crippen LogP contribution >= 0.6 is 0 Å². The molecule has 104 valence electrons. The van der Waals surface area contributed by atoms with E-state index in [1.54, 1.807) is 0 Å². The van der Waals surface area contributed by atoms with E-state index in [0.29, 0.717) is 6.54 Å². The summed E-state index contributed by atoms with van der Waals surface area (Å²) in [6, 6.07) is 2.09. The van der Waals surface area contributed by atoms with Crippen LogP contribution < -0.4 is 5.73 Å². The summed E-state index contributed by atoms with van der Waals surface area (Å²) < 4.78 is 5.61. The number of hydrogen-bond donors (Lipinski definition) is 1. The van der Waals surface area contributed by atoms with Crippen LogP contribution in [0.2, 0.25) is 0 Å². The SMILES string of the molecule is CCCN(CCN(C)C)Cc1cc(CN)oc1C. The monoisotopic (exact) mass is 253 g/mol. The third kappa shape index (κ3) is 4.80. The van der Waals surface area contributed by atoms with Crippen molar-refractivity contribution in [2.24, 2.45) is 5.73 Å². The van der Waals surface area contributed by atoms with E-state index in [1.807, 2.05) is 6.92 Å². The highest BCUT2D eigenvalue weighted by molar-refractivity contribution is 5.20. The lowest BCUT2D eigenvalue weighted by molar-refractivity contribution is 0.233. The largest absolute Gasteiger partial charge is 0.465 e. The molecule has 0 radical (unpaired) electrons. The molecule has 18 heavy (non-hydrogen) atoms. The van der Waals surface area contributed by atoms with E-state index in [4.69, 9.17) is 10.2 Å². The summed E-state index contributed by atoms with van der Waals surface area (Å²) in [5, 5.41) is 0. The van der Waals surface area contributed by atoms with E-state index in [9.17, 15) is 0 Å². The molecule has 0 saturated heterocycles. The third-order valence-electron chi connectivity index (χ3n) is 3.07. The Morgan fingerprint density at radius 1 is 1.22 bits per heavy atom. The van der Waals surface area contributed by atoms with E-state index in [0.717, 1.165) is 37.7 Å². The highest BCUT2D eigenvalue weighted by atomic mass is 16.3. The van der Waals surface area contributed by atoms with Crippen LogP contribution in [0, 0.1) is 6.92 Å². The summed E-state index contributed by atoms with van der Waals surface area (Å²) in [6.45, 7) is 8.96. The number of likely N-dealkylation sites (N-methyl/N-ethyl adjacent to an activating group) is 1. The van der Waals surface area contributed by atoms with Gasteiger partial charge in [-0.05, 0) is 40.1 Å². The molecule has 1 aromatic heterocycles. The predicted molar refractivity (Wildman–Crippen MR) is 75.5 cm³/mol. The number of hydrogen-bond acceptors (Lipinski definition) is 4. The van der Waals surface area contributed by atoms with Gasteiger partial charge in [-0.1, -0.05) is 6.92 Å². The summed E-state index contributed by atoms with van der Waals surface area (Å²) in [5.74, 6) is 1.88. The van der Waals surface area contributed by atoms with Gasteiger partial charge in [0.25, 0.3) is 0 Å². The Labute approximate surface area is 111 Å². The average molecular weight is 253 g/mol. The maximum absolute atomic E-state index is 5.61. The quantitative estimate of drug-likeness (QED) is 0.767. The van der Waals surface area contributed by atoms with Crippen LogP contribution in [-0.4, -0.2) is 43.5 Å². The van der Waals surface area contributed by atoms with Crippen LogP contribution in [0.25, 0.3) is 0 Å². The third-order valence-corrected chi connectivity index (χ3v) is 3.07. The van der Waals surface area contributed by atoms with Crippen molar-refractivity contribution in [3.8, 4) is 0 Å². The zero-order chi connectivity index (χ0) is 13.5. The highest BCUT2D eigenvalue weighted by Crippen LogP contribution is 2.16. The van der Waals surface area contributed by atoms with Crippen LogP contribution in [0.3, 0.4) is 0 Å². The molecular weight excluding hydrogens is 226 g/mol. The smallest absolute Gasteiger partial charge is 0.118 e. The zero-order valence-corrected chi connectivity index (χ0v) is 12.2. The highest BCUT2D eigenvalue weighted by Gasteiger charge is 2.11. The van der Waals surface area contributed by atoms with Crippen molar-refractivity contribution in [3.63, 3.8) is 0 Å². The van der Waals surface area contributed by atoms with Gasteiger partial charge < -0.3 is 15.1 Å². The van der Waals surface area contributed by atoms with E-state index < -0.39 is 0 Å². The number of nitrogens with zero attached hydrogens (tertiary/aromatic N) is 2. The molecule has 0 aromatic carbocycles. The average Bonchev–Trinajstić information content (AvgIpc) is 2.67. The number of aryl methyl sites for hydroxylation is 1. The summed E-state index contributed by atoms with van der Waals surface area (Å²) in [6.07, 6.45) is 1.17. The van der Waals surface area contributed by atoms with E-state index in [-0.39, 0.29) is 0 Å². The van der Waals surface area contributed by atoms with Gasteiger partial charge in [0.15, 0.2) is 0 Å². The second-order valence-corrected chi connectivity index (χ2v) is 5.08. The van der Waals surface area contributed by atoms with Crippen LogP contribution in [0.1, 0.15) is 30.4 Å². The minimum absolute atomic E-state index is 0.478. The lowest BCUT2D eigenvalue weighted by Gasteiger charge is -2.23. The summed E-state index contributed by atoms with van der Waals surface area (Å²) in [7, 11) is 4.22. The van der Waals surface area contributed by atoms with Crippen molar-refractivity contribution < 1.29 is 4.42 Å². The molecule has 0 atom stereocenters. The molecule has 0 amide bonds. The first-order chi connectivity index (χ1) is 8.56. The normalized spacial score (nSPS) is 11.7. The summed E-state index contributed by atoms with van der Waals surface area (Å²) in [4.78, 5) is 4.69. The molecule has 0 spiro atoms. The molecule has 0 unspecified atom stereocenters. The Balaban J connectivity index is 2.60. The van der Waals surface area contributed by atoms with E-state index in [2.05, 4.69) is 36.9 Å². The van der Waals surface area contributed by atoms with Gasteiger partial charge in [0.1, 0.15) is 11.5 Å². The topological polar surface area (TPSA) is 45.6 Å². The van der Waals surface area contributed by atoms with Crippen molar-refractivity contribution >= 4 is 0 Å². The maximum Gasteiger partial charge on any atom is 0.118 e. The molecule has 1 aromatic rings. The van der Waals surface area contributed by atoms with Gasteiger partial charge in [-0.2, -0.15) is 0 Å². The number of rotatable bonds is 8. The summed E-state index contributed by atoms with van der Waals surface area (Å²) in [5.41, 5.74) is 6.87. The Morgan fingerprint density at radius 3 is 2.44 bits per heavy atom. The lowest BCUT2D eigenvalue weighted by atomic mass is 10.2. The van der Waals surface area contributed by atoms with Gasteiger partial charge in [-0.25, -0.2) is 0 Å². The Morgan fingerprint density at radius 2 is 1.94 bits per heavy atom. The van der Waals surface area contributed by atoms with Gasteiger partial charge in [0.2, 0.25) is 0 Å². The van der Waals surface area contributed by atoms with Gasteiger partial charge in [0, 0.05) is 25.2 Å². The molecule has 1 heterocycles. The van der Waals surface area contributed by atoms with Crippen LogP contribution in [-0.2, 0) is 13.1 Å². The van der Waals surface area contributed by atoms with Crippen LogP contribution in [0.15, 0.2) is 10.5 Å². The second kappa shape index (κ2) is 7.56.